The van der Waals surface area contributed by atoms with Gasteiger partial charge in [0.1, 0.15) is 5.82 Å². The maximum absolute atomic E-state index is 12.9. The third-order valence-electron chi connectivity index (χ3n) is 2.68. The molecule has 19 heavy (non-hydrogen) atoms. The maximum atomic E-state index is 12.9. The molecule has 0 spiro atoms. The fourth-order valence-corrected chi connectivity index (χ4v) is 2.45. The Balaban J connectivity index is 2.14. The lowest BCUT2D eigenvalue weighted by atomic mass is 10.1. The highest BCUT2D eigenvalue weighted by atomic mass is 32.1. The SMILES string of the molecule is CCOc1c(N)nsc1NC(C)c1ccc(F)cc1. The molecule has 0 radical (unpaired) electrons. The molecule has 6 heteroatoms. The highest BCUT2D eigenvalue weighted by Gasteiger charge is 2.15. The summed E-state index contributed by atoms with van der Waals surface area (Å²) >= 11 is 1.26. The van der Waals surface area contributed by atoms with Crippen molar-refractivity contribution < 1.29 is 9.13 Å². The lowest BCUT2D eigenvalue weighted by molar-refractivity contribution is 0.344. The number of aromatic nitrogens is 1. The first kappa shape index (κ1) is 13.6. The molecule has 4 nitrogen and oxygen atoms in total. The number of hydrogen-bond donors (Lipinski definition) is 2. The summed E-state index contributed by atoms with van der Waals surface area (Å²) in [6.45, 7) is 4.41. The van der Waals surface area contributed by atoms with Crippen molar-refractivity contribution >= 4 is 22.4 Å². The summed E-state index contributed by atoms with van der Waals surface area (Å²) in [7, 11) is 0. The second kappa shape index (κ2) is 5.88. The van der Waals surface area contributed by atoms with Crippen LogP contribution in [0, 0.1) is 5.82 Å². The van der Waals surface area contributed by atoms with Gasteiger partial charge in [0.2, 0.25) is 0 Å². The first-order chi connectivity index (χ1) is 9.11. The third-order valence-corrected chi connectivity index (χ3v) is 3.45. The van der Waals surface area contributed by atoms with Crippen molar-refractivity contribution in [3.8, 4) is 5.75 Å². The van der Waals surface area contributed by atoms with E-state index < -0.39 is 0 Å². The van der Waals surface area contributed by atoms with Crippen LogP contribution < -0.4 is 15.8 Å². The van der Waals surface area contributed by atoms with Gasteiger partial charge in [-0.3, -0.25) is 0 Å². The van der Waals surface area contributed by atoms with Gasteiger partial charge in [-0.05, 0) is 43.1 Å². The zero-order valence-electron chi connectivity index (χ0n) is 10.8. The largest absolute Gasteiger partial charge is 0.487 e. The van der Waals surface area contributed by atoms with Crippen molar-refractivity contribution in [1.29, 1.82) is 0 Å². The van der Waals surface area contributed by atoms with Gasteiger partial charge in [0.25, 0.3) is 0 Å². The summed E-state index contributed by atoms with van der Waals surface area (Å²) in [5, 5.41) is 4.07. The lowest BCUT2D eigenvalue weighted by Gasteiger charge is -2.15. The molecule has 2 rings (SSSR count). The molecule has 0 aliphatic heterocycles. The van der Waals surface area contributed by atoms with E-state index in [1.54, 1.807) is 12.1 Å². The Morgan fingerprint density at radius 3 is 2.74 bits per heavy atom. The van der Waals surface area contributed by atoms with E-state index in [-0.39, 0.29) is 11.9 Å². The van der Waals surface area contributed by atoms with Gasteiger partial charge in [-0.25, -0.2) is 4.39 Å². The van der Waals surface area contributed by atoms with Crippen molar-refractivity contribution in [1.82, 2.24) is 4.37 Å². The molecule has 102 valence electrons. The van der Waals surface area contributed by atoms with E-state index in [2.05, 4.69) is 9.69 Å². The average molecular weight is 281 g/mol. The molecule has 3 N–H and O–H groups in total. The Labute approximate surface area is 115 Å². The Bertz CT molecular complexity index is 541. The smallest absolute Gasteiger partial charge is 0.197 e. The minimum atomic E-state index is -0.243. The number of nitrogen functional groups attached to an aromatic ring is 1. The van der Waals surface area contributed by atoms with E-state index >= 15 is 0 Å². The molecule has 0 amide bonds. The molecule has 1 aromatic carbocycles. The van der Waals surface area contributed by atoms with Crippen LogP contribution >= 0.6 is 11.5 Å². The molecule has 0 fully saturated rings. The fraction of sp³-hybridized carbons (Fsp3) is 0.308. The van der Waals surface area contributed by atoms with E-state index in [0.29, 0.717) is 18.2 Å². The number of nitrogens with zero attached hydrogens (tertiary/aromatic N) is 1. The zero-order valence-corrected chi connectivity index (χ0v) is 11.6. The van der Waals surface area contributed by atoms with Gasteiger partial charge in [0.05, 0.1) is 6.61 Å². The number of ether oxygens (including phenoxy) is 1. The number of benzene rings is 1. The standard InChI is InChI=1S/C13H16FN3OS/c1-3-18-11-12(15)17-19-13(11)16-8(2)9-4-6-10(14)7-5-9/h4-8,16H,3H2,1-2H3,(H2,15,17). The van der Waals surface area contributed by atoms with Crippen molar-refractivity contribution in [2.45, 2.75) is 19.9 Å². The minimum Gasteiger partial charge on any atom is -0.487 e. The van der Waals surface area contributed by atoms with E-state index in [4.69, 9.17) is 10.5 Å². The summed E-state index contributed by atoms with van der Waals surface area (Å²) < 4.78 is 22.4. The Kier molecular flexibility index (Phi) is 4.21. The van der Waals surface area contributed by atoms with Gasteiger partial charge in [-0.1, -0.05) is 12.1 Å². The normalized spacial score (nSPS) is 12.2. The number of rotatable bonds is 5. The van der Waals surface area contributed by atoms with Gasteiger partial charge in [0, 0.05) is 6.04 Å². The van der Waals surface area contributed by atoms with Crippen LogP contribution in [0.3, 0.4) is 0 Å². The average Bonchev–Trinajstić information content (AvgIpc) is 2.73. The molecular formula is C13H16FN3OS. The fourth-order valence-electron chi connectivity index (χ4n) is 1.70. The van der Waals surface area contributed by atoms with Crippen molar-refractivity contribution in [2.24, 2.45) is 0 Å². The quantitative estimate of drug-likeness (QED) is 0.881. The van der Waals surface area contributed by atoms with Crippen LogP contribution in [-0.2, 0) is 0 Å². The van der Waals surface area contributed by atoms with Crippen LogP contribution in [-0.4, -0.2) is 11.0 Å². The van der Waals surface area contributed by atoms with Gasteiger partial charge in [-0.15, -0.1) is 0 Å². The maximum Gasteiger partial charge on any atom is 0.197 e. The lowest BCUT2D eigenvalue weighted by Crippen LogP contribution is -2.07. The molecule has 0 aliphatic rings. The van der Waals surface area contributed by atoms with E-state index in [1.807, 2.05) is 13.8 Å². The Hall–Kier alpha value is -1.82. The Morgan fingerprint density at radius 2 is 2.11 bits per heavy atom. The van der Waals surface area contributed by atoms with Crippen LogP contribution in [0.15, 0.2) is 24.3 Å². The highest BCUT2D eigenvalue weighted by molar-refractivity contribution is 7.11. The molecule has 2 aromatic rings. The zero-order chi connectivity index (χ0) is 13.8. The van der Waals surface area contributed by atoms with Crippen LogP contribution in [0.5, 0.6) is 5.75 Å². The summed E-state index contributed by atoms with van der Waals surface area (Å²) in [5.41, 5.74) is 6.73. The number of halogens is 1. The molecule has 1 heterocycles. The Morgan fingerprint density at radius 1 is 1.42 bits per heavy atom. The second-order valence-corrected chi connectivity index (χ2v) is 4.85. The third kappa shape index (κ3) is 3.14. The summed E-state index contributed by atoms with van der Waals surface area (Å²) in [6, 6.07) is 6.39. The molecule has 0 aliphatic carbocycles. The van der Waals surface area contributed by atoms with E-state index in [0.717, 1.165) is 10.6 Å². The molecule has 1 aromatic heterocycles. The van der Waals surface area contributed by atoms with Crippen LogP contribution in [0.4, 0.5) is 15.2 Å². The molecule has 1 unspecified atom stereocenters. The van der Waals surface area contributed by atoms with Crippen molar-refractivity contribution in [2.75, 3.05) is 17.7 Å². The molecular weight excluding hydrogens is 265 g/mol. The summed E-state index contributed by atoms with van der Waals surface area (Å²) in [6.07, 6.45) is 0. The van der Waals surface area contributed by atoms with Crippen LogP contribution in [0.1, 0.15) is 25.5 Å². The highest BCUT2D eigenvalue weighted by Crippen LogP contribution is 2.37. The first-order valence-electron chi connectivity index (χ1n) is 6.01. The number of nitrogens with one attached hydrogen (secondary N) is 1. The van der Waals surface area contributed by atoms with E-state index in [1.165, 1.54) is 23.7 Å². The minimum absolute atomic E-state index is 0.0136. The molecule has 0 bridgehead atoms. The van der Waals surface area contributed by atoms with E-state index in [9.17, 15) is 4.39 Å². The van der Waals surface area contributed by atoms with Crippen LogP contribution in [0.2, 0.25) is 0 Å². The second-order valence-electron chi connectivity index (χ2n) is 4.08. The van der Waals surface area contributed by atoms with Crippen molar-refractivity contribution in [3.05, 3.63) is 35.6 Å². The topological polar surface area (TPSA) is 60.2 Å². The molecule has 1 atom stereocenters. The van der Waals surface area contributed by atoms with Gasteiger partial charge >= 0.3 is 0 Å². The van der Waals surface area contributed by atoms with Crippen LogP contribution in [0.25, 0.3) is 0 Å². The predicted octanol–water partition coefficient (Wildman–Crippen LogP) is 3.44. The molecule has 0 saturated heterocycles. The first-order valence-corrected chi connectivity index (χ1v) is 6.79. The number of anilines is 2. The number of hydrogen-bond acceptors (Lipinski definition) is 5. The van der Waals surface area contributed by atoms with Gasteiger partial charge < -0.3 is 15.8 Å². The predicted molar refractivity (Wildman–Crippen MR) is 76.1 cm³/mol. The van der Waals surface area contributed by atoms with Gasteiger partial charge in [-0.2, -0.15) is 4.37 Å². The summed E-state index contributed by atoms with van der Waals surface area (Å²) in [5.74, 6) is 0.732. The van der Waals surface area contributed by atoms with Gasteiger partial charge in [0.15, 0.2) is 16.6 Å². The molecule has 0 saturated carbocycles. The number of nitrogens with two attached hydrogens (primary N) is 1. The van der Waals surface area contributed by atoms with Crippen molar-refractivity contribution in [3.63, 3.8) is 0 Å². The monoisotopic (exact) mass is 281 g/mol. The summed E-state index contributed by atoms with van der Waals surface area (Å²) in [4.78, 5) is 0.